The van der Waals surface area contributed by atoms with Crippen molar-refractivity contribution < 1.29 is 9.53 Å². The number of nitrogens with zero attached hydrogens (tertiary/aromatic N) is 3. The smallest absolute Gasteiger partial charge is 0.226 e. The average molecular weight is 415 g/mol. The third-order valence-electron chi connectivity index (χ3n) is 5.97. The molecular weight excluding hydrogens is 388 g/mol. The predicted molar refractivity (Wildman–Crippen MR) is 119 cm³/mol. The van der Waals surface area contributed by atoms with Crippen molar-refractivity contribution in [3.05, 3.63) is 83.3 Å². The van der Waals surface area contributed by atoms with Gasteiger partial charge >= 0.3 is 0 Å². The molecule has 0 bridgehead atoms. The van der Waals surface area contributed by atoms with Crippen molar-refractivity contribution in [3.8, 4) is 5.75 Å². The van der Waals surface area contributed by atoms with Crippen LogP contribution in [0.4, 0.5) is 5.95 Å². The van der Waals surface area contributed by atoms with Crippen LogP contribution >= 0.6 is 0 Å². The first-order chi connectivity index (χ1) is 15.0. The van der Waals surface area contributed by atoms with Gasteiger partial charge in [-0.15, -0.1) is 0 Å². The zero-order valence-corrected chi connectivity index (χ0v) is 17.8. The highest BCUT2D eigenvalue weighted by Crippen LogP contribution is 2.45. The minimum atomic E-state index is -0.268. The number of benzene rings is 2. The molecule has 0 amide bonds. The van der Waals surface area contributed by atoms with E-state index in [1.54, 1.807) is 4.68 Å². The van der Waals surface area contributed by atoms with E-state index in [4.69, 9.17) is 4.74 Å². The Balaban J connectivity index is 1.38. The third-order valence-corrected chi connectivity index (χ3v) is 5.97. The third kappa shape index (κ3) is 3.85. The summed E-state index contributed by atoms with van der Waals surface area (Å²) in [6.07, 6.45) is 3.75. The molecule has 1 N–H and O–H groups in total. The lowest BCUT2D eigenvalue weighted by atomic mass is 9.73. The molecule has 0 saturated heterocycles. The number of ether oxygens (including phenoxy) is 1. The van der Waals surface area contributed by atoms with E-state index >= 15 is 0 Å². The molecule has 2 aliphatic rings. The maximum absolute atomic E-state index is 13.1. The highest BCUT2D eigenvalue weighted by molar-refractivity contribution is 6.00. The molecule has 31 heavy (non-hydrogen) atoms. The summed E-state index contributed by atoms with van der Waals surface area (Å²) in [6, 6.07) is 18.0. The summed E-state index contributed by atoms with van der Waals surface area (Å²) < 4.78 is 7.74. The maximum Gasteiger partial charge on any atom is 0.226 e. The van der Waals surface area contributed by atoms with E-state index in [2.05, 4.69) is 41.4 Å². The van der Waals surface area contributed by atoms with Crippen molar-refractivity contribution in [1.82, 2.24) is 14.8 Å². The molecule has 1 aliphatic carbocycles. The number of fused-ring (bicyclic) bond motifs is 1. The molecule has 0 radical (unpaired) electrons. The van der Waals surface area contributed by atoms with Crippen molar-refractivity contribution in [3.63, 3.8) is 0 Å². The van der Waals surface area contributed by atoms with E-state index in [9.17, 15) is 4.79 Å². The zero-order valence-electron chi connectivity index (χ0n) is 17.8. The topological polar surface area (TPSA) is 69.0 Å². The summed E-state index contributed by atoms with van der Waals surface area (Å²) in [5.41, 5.74) is 3.96. The normalized spacial score (nSPS) is 19.4. The Hall–Kier alpha value is -3.41. The van der Waals surface area contributed by atoms with Gasteiger partial charge in [-0.1, -0.05) is 56.3 Å². The number of hydrogen-bond acceptors (Lipinski definition) is 5. The van der Waals surface area contributed by atoms with Gasteiger partial charge in [0.05, 0.1) is 6.61 Å². The summed E-state index contributed by atoms with van der Waals surface area (Å²) in [4.78, 5) is 17.5. The van der Waals surface area contributed by atoms with Crippen molar-refractivity contribution in [1.29, 1.82) is 0 Å². The monoisotopic (exact) mass is 414 g/mol. The Kier molecular flexibility index (Phi) is 4.85. The van der Waals surface area contributed by atoms with E-state index in [0.717, 1.165) is 35.4 Å². The van der Waals surface area contributed by atoms with Crippen LogP contribution in [0.1, 0.15) is 43.9 Å². The van der Waals surface area contributed by atoms with Crippen LogP contribution in [-0.2, 0) is 11.2 Å². The fourth-order valence-corrected chi connectivity index (χ4v) is 4.53. The van der Waals surface area contributed by atoms with Crippen LogP contribution in [0.15, 0.2) is 72.2 Å². The molecule has 1 aromatic heterocycles. The quantitative estimate of drug-likeness (QED) is 0.663. The Morgan fingerprint density at radius 2 is 1.87 bits per heavy atom. The lowest BCUT2D eigenvalue weighted by Crippen LogP contribution is -2.36. The van der Waals surface area contributed by atoms with E-state index in [1.807, 2.05) is 42.5 Å². The lowest BCUT2D eigenvalue weighted by Gasteiger charge is -2.38. The highest BCUT2D eigenvalue weighted by atomic mass is 16.5. The summed E-state index contributed by atoms with van der Waals surface area (Å²) in [5.74, 6) is 1.67. The molecule has 6 heteroatoms. The van der Waals surface area contributed by atoms with Crippen LogP contribution in [0.25, 0.3) is 0 Å². The van der Waals surface area contributed by atoms with Crippen molar-refractivity contribution in [2.45, 2.75) is 39.2 Å². The van der Waals surface area contributed by atoms with Gasteiger partial charge in [-0.3, -0.25) is 4.79 Å². The van der Waals surface area contributed by atoms with Gasteiger partial charge in [0.15, 0.2) is 5.78 Å². The first kappa shape index (κ1) is 19.5. The number of hydrogen-bond donors (Lipinski definition) is 1. The summed E-state index contributed by atoms with van der Waals surface area (Å²) >= 11 is 0. The van der Waals surface area contributed by atoms with Gasteiger partial charge in [0, 0.05) is 24.1 Å². The number of anilines is 1. The Bertz CT molecular complexity index is 1130. The van der Waals surface area contributed by atoms with Crippen molar-refractivity contribution in [2.24, 2.45) is 5.41 Å². The number of rotatable bonds is 5. The second-order valence-electron chi connectivity index (χ2n) is 9.04. The van der Waals surface area contributed by atoms with Gasteiger partial charge in [-0.25, -0.2) is 4.68 Å². The number of Topliss-reactive ketones (excluding diaryl/α,β-unsaturated/α-hetero) is 1. The number of nitrogens with one attached hydrogen (secondary N) is 1. The van der Waals surface area contributed by atoms with Gasteiger partial charge in [-0.2, -0.15) is 10.1 Å². The van der Waals surface area contributed by atoms with Gasteiger partial charge in [-0.05, 0) is 35.1 Å². The molecule has 1 atom stereocenters. The van der Waals surface area contributed by atoms with E-state index in [0.29, 0.717) is 19.0 Å². The van der Waals surface area contributed by atoms with Crippen LogP contribution in [-0.4, -0.2) is 27.2 Å². The molecule has 0 fully saturated rings. The van der Waals surface area contributed by atoms with Gasteiger partial charge in [0.2, 0.25) is 5.95 Å². The first-order valence-electron chi connectivity index (χ1n) is 10.7. The molecular formula is C25H26N4O2. The molecule has 2 aromatic carbocycles. The zero-order chi connectivity index (χ0) is 21.4. The molecule has 2 heterocycles. The maximum atomic E-state index is 13.1. The van der Waals surface area contributed by atoms with Gasteiger partial charge in [0.25, 0.3) is 0 Å². The number of ketones is 1. The van der Waals surface area contributed by atoms with Crippen molar-refractivity contribution >= 4 is 11.7 Å². The molecule has 158 valence electrons. The summed E-state index contributed by atoms with van der Waals surface area (Å²) in [7, 11) is 0. The molecule has 0 spiro atoms. The molecule has 6 nitrogen and oxygen atoms in total. The van der Waals surface area contributed by atoms with E-state index in [1.165, 1.54) is 11.9 Å². The number of carbonyl (C=O) groups is 1. The number of aromatic nitrogens is 3. The second-order valence-corrected chi connectivity index (χ2v) is 9.04. The molecule has 5 rings (SSSR count). The Labute approximate surface area is 182 Å². The van der Waals surface area contributed by atoms with Crippen LogP contribution in [0, 0.1) is 5.41 Å². The average Bonchev–Trinajstić information content (AvgIpc) is 3.21. The molecule has 3 aromatic rings. The standard InChI is InChI=1S/C25H26N4O2/c1-25(2)14-20-22(21(30)15-25)23(29-24(28-20)26-16-27-29)18-8-10-19(11-9-18)31-13-12-17-6-4-3-5-7-17/h3-11,16,23H,12-15H2,1-2H3,(H,26,27,28). The summed E-state index contributed by atoms with van der Waals surface area (Å²) in [5, 5.41) is 7.75. The van der Waals surface area contributed by atoms with E-state index in [-0.39, 0.29) is 17.2 Å². The van der Waals surface area contributed by atoms with Gasteiger partial charge in [0.1, 0.15) is 18.1 Å². The molecule has 1 unspecified atom stereocenters. The lowest BCUT2D eigenvalue weighted by molar-refractivity contribution is -0.118. The minimum Gasteiger partial charge on any atom is -0.493 e. The Morgan fingerprint density at radius 3 is 2.65 bits per heavy atom. The molecule has 0 saturated carbocycles. The Morgan fingerprint density at radius 1 is 1.10 bits per heavy atom. The molecule has 1 aliphatic heterocycles. The summed E-state index contributed by atoms with van der Waals surface area (Å²) in [6.45, 7) is 4.88. The van der Waals surface area contributed by atoms with Crippen LogP contribution in [0.2, 0.25) is 0 Å². The second kappa shape index (κ2) is 7.69. The van der Waals surface area contributed by atoms with Crippen molar-refractivity contribution in [2.75, 3.05) is 11.9 Å². The van der Waals surface area contributed by atoms with Crippen LogP contribution in [0.5, 0.6) is 5.75 Å². The fourth-order valence-electron chi connectivity index (χ4n) is 4.53. The predicted octanol–water partition coefficient (Wildman–Crippen LogP) is 4.56. The van der Waals surface area contributed by atoms with Crippen LogP contribution < -0.4 is 10.1 Å². The number of carbonyl (C=O) groups excluding carboxylic acids is 1. The highest BCUT2D eigenvalue weighted by Gasteiger charge is 2.41. The van der Waals surface area contributed by atoms with Crippen LogP contribution in [0.3, 0.4) is 0 Å². The minimum absolute atomic E-state index is 0.0634. The number of allylic oxidation sites excluding steroid dienone is 2. The van der Waals surface area contributed by atoms with E-state index < -0.39 is 0 Å². The SMILES string of the molecule is CC1(C)CC(=O)C2=C(C1)Nc1ncnn1C2c1ccc(OCCc2ccccc2)cc1. The fraction of sp³-hybridized carbons (Fsp3) is 0.320. The largest absolute Gasteiger partial charge is 0.493 e. The first-order valence-corrected chi connectivity index (χ1v) is 10.7. The van der Waals surface area contributed by atoms with Gasteiger partial charge < -0.3 is 10.1 Å².